The topological polar surface area (TPSA) is 43.4 Å². The normalized spacial score (nSPS) is 43.9. The molecule has 1 aliphatic heterocycles. The minimum Gasteiger partial charge on any atom is -0.450 e. The standard InChI is InChI=1S/C11H16O3/c1-7(12)11-6-5-10(4,8(13)14-11)9(11,2)3/h5-6H2,1-4H3/t10-,11?/m0/s1. The van der Waals surface area contributed by atoms with E-state index in [0.717, 1.165) is 6.42 Å². The molecule has 0 radical (unpaired) electrons. The van der Waals surface area contributed by atoms with Gasteiger partial charge in [-0.05, 0) is 26.7 Å². The number of fused-ring (bicyclic) bond motifs is 2. The van der Waals surface area contributed by atoms with Gasteiger partial charge in [-0.3, -0.25) is 9.59 Å². The first-order chi connectivity index (χ1) is 6.28. The van der Waals surface area contributed by atoms with Gasteiger partial charge in [-0.15, -0.1) is 0 Å². The average molecular weight is 196 g/mol. The molecule has 0 spiro atoms. The molecule has 2 rings (SSSR count). The molecule has 0 amide bonds. The van der Waals surface area contributed by atoms with E-state index in [4.69, 9.17) is 4.74 Å². The number of hydrogen-bond donors (Lipinski definition) is 0. The highest BCUT2D eigenvalue weighted by molar-refractivity contribution is 5.96. The summed E-state index contributed by atoms with van der Waals surface area (Å²) < 4.78 is 5.34. The van der Waals surface area contributed by atoms with E-state index in [9.17, 15) is 9.59 Å². The zero-order valence-corrected chi connectivity index (χ0v) is 9.14. The van der Waals surface area contributed by atoms with Crippen LogP contribution in [0.15, 0.2) is 0 Å². The smallest absolute Gasteiger partial charge is 0.313 e. The third-order valence-corrected chi connectivity index (χ3v) is 4.65. The van der Waals surface area contributed by atoms with E-state index in [2.05, 4.69) is 0 Å². The van der Waals surface area contributed by atoms with Crippen molar-refractivity contribution in [2.75, 3.05) is 0 Å². The van der Waals surface area contributed by atoms with Gasteiger partial charge in [0.25, 0.3) is 0 Å². The van der Waals surface area contributed by atoms with E-state index in [1.807, 2.05) is 20.8 Å². The summed E-state index contributed by atoms with van der Waals surface area (Å²) in [5.74, 6) is -0.221. The maximum absolute atomic E-state index is 11.7. The Kier molecular flexibility index (Phi) is 1.53. The maximum Gasteiger partial charge on any atom is 0.313 e. The molecule has 0 aromatic carbocycles. The summed E-state index contributed by atoms with van der Waals surface area (Å²) in [7, 11) is 0. The van der Waals surface area contributed by atoms with Gasteiger partial charge in [0.15, 0.2) is 11.4 Å². The lowest BCUT2D eigenvalue weighted by molar-refractivity contribution is -0.166. The van der Waals surface area contributed by atoms with Gasteiger partial charge in [0, 0.05) is 5.41 Å². The fourth-order valence-electron chi connectivity index (χ4n) is 2.99. The molecule has 2 bridgehead atoms. The number of ether oxygens (including phenoxy) is 1. The second-order valence-electron chi connectivity index (χ2n) is 5.23. The molecule has 14 heavy (non-hydrogen) atoms. The van der Waals surface area contributed by atoms with Crippen LogP contribution in [0.3, 0.4) is 0 Å². The third-order valence-electron chi connectivity index (χ3n) is 4.65. The lowest BCUT2D eigenvalue weighted by Gasteiger charge is -2.34. The fourth-order valence-corrected chi connectivity index (χ4v) is 2.99. The zero-order chi connectivity index (χ0) is 10.8. The van der Waals surface area contributed by atoms with Crippen molar-refractivity contribution in [3.8, 4) is 0 Å². The van der Waals surface area contributed by atoms with Gasteiger partial charge in [0.2, 0.25) is 0 Å². The Bertz CT molecular complexity index is 331. The van der Waals surface area contributed by atoms with Crippen LogP contribution in [0.2, 0.25) is 0 Å². The summed E-state index contributed by atoms with van der Waals surface area (Å²) in [6.45, 7) is 7.36. The monoisotopic (exact) mass is 196 g/mol. The van der Waals surface area contributed by atoms with Gasteiger partial charge < -0.3 is 4.74 Å². The quantitative estimate of drug-likeness (QED) is 0.599. The van der Waals surface area contributed by atoms with Crippen LogP contribution in [0, 0.1) is 10.8 Å². The molecule has 2 atom stereocenters. The van der Waals surface area contributed by atoms with Crippen molar-refractivity contribution in [1.82, 2.24) is 0 Å². The summed E-state index contributed by atoms with van der Waals surface area (Å²) in [5.41, 5.74) is -1.69. The minimum atomic E-state index is -0.848. The van der Waals surface area contributed by atoms with Crippen LogP contribution < -0.4 is 0 Å². The van der Waals surface area contributed by atoms with Crippen LogP contribution in [-0.2, 0) is 14.3 Å². The number of esters is 1. The molecule has 1 saturated carbocycles. The van der Waals surface area contributed by atoms with Gasteiger partial charge in [0.05, 0.1) is 5.41 Å². The molecule has 1 aliphatic carbocycles. The Morgan fingerprint density at radius 1 is 1.29 bits per heavy atom. The molecule has 0 aromatic rings. The van der Waals surface area contributed by atoms with E-state index in [1.165, 1.54) is 6.92 Å². The summed E-state index contributed by atoms with van der Waals surface area (Å²) >= 11 is 0. The molecule has 3 heteroatoms. The largest absolute Gasteiger partial charge is 0.450 e. The molecule has 1 unspecified atom stereocenters. The number of rotatable bonds is 1. The molecule has 78 valence electrons. The SMILES string of the molecule is CC(=O)C12CC[C@@](C)(C(=O)O1)C2(C)C. The summed E-state index contributed by atoms with van der Waals surface area (Å²) in [4.78, 5) is 23.4. The van der Waals surface area contributed by atoms with Crippen LogP contribution in [-0.4, -0.2) is 17.4 Å². The molecule has 1 saturated heterocycles. The molecular weight excluding hydrogens is 180 g/mol. The number of hydrogen-bond acceptors (Lipinski definition) is 3. The van der Waals surface area contributed by atoms with Gasteiger partial charge in [-0.1, -0.05) is 13.8 Å². The molecule has 2 aliphatic rings. The molecule has 1 heterocycles. The van der Waals surface area contributed by atoms with E-state index >= 15 is 0 Å². The third kappa shape index (κ3) is 0.677. The Morgan fingerprint density at radius 3 is 2.07 bits per heavy atom. The molecule has 3 nitrogen and oxygen atoms in total. The molecule has 0 N–H and O–H groups in total. The first kappa shape index (κ1) is 9.69. The molecule has 2 fully saturated rings. The first-order valence-corrected chi connectivity index (χ1v) is 5.02. The molecule has 0 aromatic heterocycles. The second-order valence-corrected chi connectivity index (χ2v) is 5.23. The van der Waals surface area contributed by atoms with Crippen molar-refractivity contribution >= 4 is 11.8 Å². The van der Waals surface area contributed by atoms with Crippen LogP contribution >= 0.6 is 0 Å². The van der Waals surface area contributed by atoms with Crippen molar-refractivity contribution in [1.29, 1.82) is 0 Å². The average Bonchev–Trinajstić information content (AvgIpc) is 2.34. The lowest BCUT2D eigenvalue weighted by atomic mass is 9.65. The molecular formula is C11H16O3. The zero-order valence-electron chi connectivity index (χ0n) is 9.14. The van der Waals surface area contributed by atoms with Gasteiger partial charge in [-0.25, -0.2) is 0 Å². The first-order valence-electron chi connectivity index (χ1n) is 5.02. The van der Waals surface area contributed by atoms with Crippen molar-refractivity contribution in [3.63, 3.8) is 0 Å². The summed E-state index contributed by atoms with van der Waals surface area (Å²) in [6.07, 6.45) is 1.44. The van der Waals surface area contributed by atoms with E-state index in [0.29, 0.717) is 6.42 Å². The minimum absolute atomic E-state index is 0.0166. The Balaban J connectivity index is 2.60. The van der Waals surface area contributed by atoms with Crippen LogP contribution in [0.5, 0.6) is 0 Å². The van der Waals surface area contributed by atoms with Crippen molar-refractivity contribution < 1.29 is 14.3 Å². The summed E-state index contributed by atoms with van der Waals surface area (Å²) in [6, 6.07) is 0. The fraction of sp³-hybridized carbons (Fsp3) is 0.818. The number of carbonyl (C=O) groups is 2. The highest BCUT2D eigenvalue weighted by atomic mass is 16.6. The second kappa shape index (κ2) is 2.20. The Labute approximate surface area is 83.8 Å². The van der Waals surface area contributed by atoms with Crippen LogP contribution in [0.4, 0.5) is 0 Å². The van der Waals surface area contributed by atoms with E-state index in [1.54, 1.807) is 0 Å². The van der Waals surface area contributed by atoms with Crippen LogP contribution in [0.25, 0.3) is 0 Å². The van der Waals surface area contributed by atoms with E-state index < -0.39 is 11.0 Å². The number of ketones is 1. The Hall–Kier alpha value is -0.860. The van der Waals surface area contributed by atoms with Crippen LogP contribution in [0.1, 0.15) is 40.5 Å². The Morgan fingerprint density at radius 2 is 1.86 bits per heavy atom. The number of Topliss-reactive ketones (excluding diaryl/α,β-unsaturated/α-hetero) is 1. The maximum atomic E-state index is 11.7. The van der Waals surface area contributed by atoms with Gasteiger partial charge >= 0.3 is 5.97 Å². The number of carbonyl (C=O) groups excluding carboxylic acids is 2. The van der Waals surface area contributed by atoms with Crippen molar-refractivity contribution in [2.24, 2.45) is 10.8 Å². The highest BCUT2D eigenvalue weighted by Gasteiger charge is 2.74. The highest BCUT2D eigenvalue weighted by Crippen LogP contribution is 2.65. The predicted octanol–water partition coefficient (Wildman–Crippen LogP) is 1.70. The lowest BCUT2D eigenvalue weighted by Crippen LogP contribution is -2.46. The van der Waals surface area contributed by atoms with E-state index in [-0.39, 0.29) is 17.2 Å². The van der Waals surface area contributed by atoms with Crippen molar-refractivity contribution in [3.05, 3.63) is 0 Å². The van der Waals surface area contributed by atoms with Gasteiger partial charge in [-0.2, -0.15) is 0 Å². The summed E-state index contributed by atoms with van der Waals surface area (Å²) in [5, 5.41) is 0. The van der Waals surface area contributed by atoms with Gasteiger partial charge in [0.1, 0.15) is 0 Å². The van der Waals surface area contributed by atoms with Crippen molar-refractivity contribution in [2.45, 2.75) is 46.1 Å². The predicted molar refractivity (Wildman–Crippen MR) is 50.6 cm³/mol.